The second kappa shape index (κ2) is 6.23. The molecule has 1 nitrogen and oxygen atoms in total. The minimum absolute atomic E-state index is 0.461. The van der Waals surface area contributed by atoms with Crippen molar-refractivity contribution in [2.24, 2.45) is 0 Å². The van der Waals surface area contributed by atoms with Gasteiger partial charge in [-0.05, 0) is 43.9 Å². The van der Waals surface area contributed by atoms with Gasteiger partial charge in [-0.15, -0.1) is 0 Å². The van der Waals surface area contributed by atoms with Crippen molar-refractivity contribution in [2.45, 2.75) is 38.6 Å². The minimum Gasteiger partial charge on any atom is -0.310 e. The third-order valence-corrected chi connectivity index (χ3v) is 3.72. The second-order valence-corrected chi connectivity index (χ2v) is 4.98. The average Bonchev–Trinajstić information content (AvgIpc) is 2.85. The molecule has 0 bridgehead atoms. The van der Waals surface area contributed by atoms with Gasteiger partial charge in [0.05, 0.1) is 0 Å². The summed E-state index contributed by atoms with van der Waals surface area (Å²) in [5.41, 5.74) is 2.81. The number of hydrogen-bond acceptors (Lipinski definition) is 1. The van der Waals surface area contributed by atoms with E-state index in [0.717, 1.165) is 18.0 Å². The zero-order valence-corrected chi connectivity index (χ0v) is 11.1. The van der Waals surface area contributed by atoms with Crippen molar-refractivity contribution in [3.63, 3.8) is 0 Å². The normalized spacial score (nSPS) is 16.9. The van der Waals surface area contributed by atoms with Crippen LogP contribution in [0.1, 0.15) is 31.7 Å². The smallest absolute Gasteiger partial charge is 0.0438 e. The van der Waals surface area contributed by atoms with Gasteiger partial charge >= 0.3 is 0 Å². The van der Waals surface area contributed by atoms with E-state index in [2.05, 4.69) is 30.4 Å². The van der Waals surface area contributed by atoms with Crippen LogP contribution in [-0.4, -0.2) is 12.6 Å². The van der Waals surface area contributed by atoms with Crippen LogP contribution in [-0.2, 0) is 6.42 Å². The third-order valence-electron chi connectivity index (χ3n) is 3.36. The van der Waals surface area contributed by atoms with Crippen LogP contribution in [0.15, 0.2) is 35.9 Å². The molecule has 1 atom stereocenters. The molecule has 0 radical (unpaired) electrons. The first-order valence-corrected chi connectivity index (χ1v) is 6.84. The molecule has 92 valence electrons. The van der Waals surface area contributed by atoms with Crippen molar-refractivity contribution in [3.05, 3.63) is 46.5 Å². The third kappa shape index (κ3) is 3.34. The predicted molar refractivity (Wildman–Crippen MR) is 74.6 cm³/mol. The predicted octanol–water partition coefficient (Wildman–Crippen LogP) is 3.97. The molecule has 0 heterocycles. The van der Waals surface area contributed by atoms with Gasteiger partial charge in [0.1, 0.15) is 0 Å². The molecule has 0 amide bonds. The summed E-state index contributed by atoms with van der Waals surface area (Å²) in [4.78, 5) is 0. The molecule has 1 aromatic rings. The lowest BCUT2D eigenvalue weighted by atomic mass is 9.98. The molecule has 2 rings (SSSR count). The Balaban J connectivity index is 2.10. The van der Waals surface area contributed by atoms with Crippen LogP contribution in [0.2, 0.25) is 5.02 Å². The molecule has 1 aromatic carbocycles. The fraction of sp³-hybridized carbons (Fsp3) is 0.467. The quantitative estimate of drug-likeness (QED) is 0.779. The molecule has 0 saturated carbocycles. The van der Waals surface area contributed by atoms with Crippen molar-refractivity contribution in [3.8, 4) is 0 Å². The average molecular weight is 250 g/mol. The maximum atomic E-state index is 6.23. The summed E-state index contributed by atoms with van der Waals surface area (Å²) in [6.45, 7) is 3.17. The van der Waals surface area contributed by atoms with Gasteiger partial charge in [0.25, 0.3) is 0 Å². The number of rotatable bonds is 5. The van der Waals surface area contributed by atoms with Crippen LogP contribution in [0.25, 0.3) is 0 Å². The van der Waals surface area contributed by atoms with Crippen molar-refractivity contribution >= 4 is 11.6 Å². The summed E-state index contributed by atoms with van der Waals surface area (Å²) < 4.78 is 0. The SMILES string of the molecule is CCNC(Cc1ccccc1Cl)C1=CCCC1. The van der Waals surface area contributed by atoms with Crippen LogP contribution < -0.4 is 5.32 Å². The first-order valence-electron chi connectivity index (χ1n) is 6.47. The fourth-order valence-electron chi connectivity index (χ4n) is 2.48. The van der Waals surface area contributed by atoms with E-state index < -0.39 is 0 Å². The molecule has 1 N–H and O–H groups in total. The van der Waals surface area contributed by atoms with Gasteiger partial charge in [-0.1, -0.05) is 48.4 Å². The summed E-state index contributed by atoms with van der Waals surface area (Å²) in [5, 5.41) is 4.46. The molecule has 1 aliphatic carbocycles. The first kappa shape index (κ1) is 12.7. The Morgan fingerprint density at radius 2 is 2.18 bits per heavy atom. The highest BCUT2D eigenvalue weighted by atomic mass is 35.5. The van der Waals surface area contributed by atoms with Crippen LogP contribution in [0.5, 0.6) is 0 Å². The standard InChI is InChI=1S/C15H20ClN/c1-2-17-15(12-7-3-4-8-12)11-13-9-5-6-10-14(13)16/h5-7,9-10,15,17H,2-4,8,11H2,1H3. The van der Waals surface area contributed by atoms with E-state index in [-0.39, 0.29) is 0 Å². The lowest BCUT2D eigenvalue weighted by Gasteiger charge is -2.20. The van der Waals surface area contributed by atoms with Crippen molar-refractivity contribution in [1.29, 1.82) is 0 Å². The van der Waals surface area contributed by atoms with E-state index in [0.29, 0.717) is 6.04 Å². The highest BCUT2D eigenvalue weighted by molar-refractivity contribution is 6.31. The van der Waals surface area contributed by atoms with E-state index in [1.165, 1.54) is 24.8 Å². The molecule has 0 aromatic heterocycles. The zero-order valence-electron chi connectivity index (χ0n) is 10.4. The Labute approximate surface area is 109 Å². The van der Waals surface area contributed by atoms with Gasteiger partial charge < -0.3 is 5.32 Å². The van der Waals surface area contributed by atoms with Gasteiger partial charge in [-0.2, -0.15) is 0 Å². The Morgan fingerprint density at radius 1 is 1.35 bits per heavy atom. The van der Waals surface area contributed by atoms with Gasteiger partial charge in [0, 0.05) is 11.1 Å². The number of likely N-dealkylation sites (N-methyl/N-ethyl adjacent to an activating group) is 1. The largest absolute Gasteiger partial charge is 0.310 e. The number of allylic oxidation sites excluding steroid dienone is 1. The van der Waals surface area contributed by atoms with Crippen LogP contribution >= 0.6 is 11.6 Å². The molecule has 0 aliphatic heterocycles. The van der Waals surface area contributed by atoms with Gasteiger partial charge in [-0.3, -0.25) is 0 Å². The Hall–Kier alpha value is -0.790. The van der Waals surface area contributed by atoms with E-state index in [1.807, 2.05) is 12.1 Å². The molecule has 1 unspecified atom stereocenters. The van der Waals surface area contributed by atoms with Gasteiger partial charge in [0.2, 0.25) is 0 Å². The number of halogens is 1. The van der Waals surface area contributed by atoms with Crippen molar-refractivity contribution < 1.29 is 0 Å². The lowest BCUT2D eigenvalue weighted by molar-refractivity contribution is 0.574. The fourth-order valence-corrected chi connectivity index (χ4v) is 2.69. The molecule has 0 fully saturated rings. The zero-order chi connectivity index (χ0) is 12.1. The van der Waals surface area contributed by atoms with Crippen LogP contribution in [0.3, 0.4) is 0 Å². The Morgan fingerprint density at radius 3 is 2.82 bits per heavy atom. The van der Waals surface area contributed by atoms with E-state index in [1.54, 1.807) is 5.57 Å². The lowest BCUT2D eigenvalue weighted by Crippen LogP contribution is -2.32. The maximum Gasteiger partial charge on any atom is 0.0438 e. The highest BCUT2D eigenvalue weighted by Gasteiger charge is 2.17. The van der Waals surface area contributed by atoms with Gasteiger partial charge in [0.15, 0.2) is 0 Å². The van der Waals surface area contributed by atoms with E-state index in [9.17, 15) is 0 Å². The number of benzene rings is 1. The second-order valence-electron chi connectivity index (χ2n) is 4.58. The molecular weight excluding hydrogens is 230 g/mol. The summed E-state index contributed by atoms with van der Waals surface area (Å²) >= 11 is 6.23. The number of nitrogens with one attached hydrogen (secondary N) is 1. The molecule has 1 aliphatic rings. The van der Waals surface area contributed by atoms with Crippen LogP contribution in [0, 0.1) is 0 Å². The highest BCUT2D eigenvalue weighted by Crippen LogP contribution is 2.25. The van der Waals surface area contributed by atoms with E-state index in [4.69, 9.17) is 11.6 Å². The van der Waals surface area contributed by atoms with Gasteiger partial charge in [-0.25, -0.2) is 0 Å². The summed E-state index contributed by atoms with van der Waals surface area (Å²) in [6.07, 6.45) is 7.17. The van der Waals surface area contributed by atoms with E-state index >= 15 is 0 Å². The Kier molecular flexibility index (Phi) is 4.64. The number of hydrogen-bond donors (Lipinski definition) is 1. The first-order chi connectivity index (χ1) is 8.31. The summed E-state index contributed by atoms with van der Waals surface area (Å²) in [7, 11) is 0. The monoisotopic (exact) mass is 249 g/mol. The molecule has 2 heteroatoms. The molecule has 17 heavy (non-hydrogen) atoms. The molecule has 0 saturated heterocycles. The summed E-state index contributed by atoms with van der Waals surface area (Å²) in [5.74, 6) is 0. The van der Waals surface area contributed by atoms with Crippen molar-refractivity contribution in [1.82, 2.24) is 5.32 Å². The molecule has 0 spiro atoms. The maximum absolute atomic E-state index is 6.23. The van der Waals surface area contributed by atoms with Crippen molar-refractivity contribution in [2.75, 3.05) is 6.54 Å². The van der Waals surface area contributed by atoms with Crippen LogP contribution in [0.4, 0.5) is 0 Å². The Bertz CT molecular complexity index is 398. The minimum atomic E-state index is 0.461. The summed E-state index contributed by atoms with van der Waals surface area (Å²) in [6, 6.07) is 8.61. The topological polar surface area (TPSA) is 12.0 Å². The molecular formula is C15H20ClN.